The van der Waals surface area contributed by atoms with Gasteiger partial charge in [0, 0.05) is 24.8 Å². The molecule has 1 rings (SSSR count). The largest absolute Gasteiger partial charge is 0.493 e. The molecule has 0 bridgehead atoms. The van der Waals surface area contributed by atoms with Gasteiger partial charge < -0.3 is 20.3 Å². The molecule has 0 saturated carbocycles. The van der Waals surface area contributed by atoms with Crippen molar-refractivity contribution in [3.63, 3.8) is 0 Å². The first-order valence-corrected chi connectivity index (χ1v) is 5.99. The van der Waals surface area contributed by atoms with Crippen molar-refractivity contribution in [1.82, 2.24) is 4.90 Å². The number of nitrogens with two attached hydrogens (primary N) is 1. The Hall–Kier alpha value is -1.46. The third-order valence-corrected chi connectivity index (χ3v) is 2.90. The van der Waals surface area contributed by atoms with Crippen molar-refractivity contribution in [2.75, 3.05) is 39.6 Å². The summed E-state index contributed by atoms with van der Waals surface area (Å²) in [5.74, 6) is 1.30. The predicted octanol–water partition coefficient (Wildman–Crippen LogP) is 1.10. The standard InChI is InChI=1S/C13H22N2O3/c1-4-15(5-6-16)9-10-7-12(17-2)13(18-3)8-11(10)14/h7-8,16H,4-6,9,14H2,1-3H3. The highest BCUT2D eigenvalue weighted by molar-refractivity contribution is 5.57. The quantitative estimate of drug-likeness (QED) is 0.713. The number of rotatable bonds is 7. The minimum Gasteiger partial charge on any atom is -0.493 e. The van der Waals surface area contributed by atoms with Gasteiger partial charge in [-0.1, -0.05) is 6.92 Å². The van der Waals surface area contributed by atoms with E-state index in [1.807, 2.05) is 13.0 Å². The molecule has 0 fully saturated rings. The van der Waals surface area contributed by atoms with Crippen LogP contribution >= 0.6 is 0 Å². The van der Waals surface area contributed by atoms with Crippen LogP contribution in [0, 0.1) is 0 Å². The Labute approximate surface area is 108 Å². The van der Waals surface area contributed by atoms with Crippen molar-refractivity contribution in [1.29, 1.82) is 0 Å². The summed E-state index contributed by atoms with van der Waals surface area (Å²) >= 11 is 0. The van der Waals surface area contributed by atoms with Gasteiger partial charge in [-0.2, -0.15) is 0 Å². The summed E-state index contributed by atoms with van der Waals surface area (Å²) < 4.78 is 10.5. The molecule has 0 spiro atoms. The molecule has 3 N–H and O–H groups in total. The van der Waals surface area contributed by atoms with Crippen LogP contribution in [0.4, 0.5) is 5.69 Å². The predicted molar refractivity (Wildman–Crippen MR) is 72.0 cm³/mol. The number of nitrogens with zero attached hydrogens (tertiary/aromatic N) is 1. The van der Waals surface area contributed by atoms with Crippen LogP contribution in [0.1, 0.15) is 12.5 Å². The number of aliphatic hydroxyl groups excluding tert-OH is 1. The van der Waals surface area contributed by atoms with Gasteiger partial charge in [-0.25, -0.2) is 0 Å². The maximum absolute atomic E-state index is 8.98. The number of ether oxygens (including phenoxy) is 2. The SMILES string of the molecule is CCN(CCO)Cc1cc(OC)c(OC)cc1N. The average Bonchev–Trinajstić information content (AvgIpc) is 2.39. The summed E-state index contributed by atoms with van der Waals surface area (Å²) in [5, 5.41) is 8.98. The lowest BCUT2D eigenvalue weighted by molar-refractivity contribution is 0.197. The monoisotopic (exact) mass is 254 g/mol. The van der Waals surface area contributed by atoms with E-state index in [1.54, 1.807) is 20.3 Å². The summed E-state index contributed by atoms with van der Waals surface area (Å²) in [4.78, 5) is 2.11. The van der Waals surface area contributed by atoms with Crippen molar-refractivity contribution in [3.05, 3.63) is 17.7 Å². The second-order valence-electron chi connectivity index (χ2n) is 4.00. The molecule has 0 radical (unpaired) electrons. The van der Waals surface area contributed by atoms with Gasteiger partial charge in [-0.3, -0.25) is 4.90 Å². The van der Waals surface area contributed by atoms with Crippen LogP contribution in [-0.2, 0) is 6.54 Å². The molecular weight excluding hydrogens is 232 g/mol. The topological polar surface area (TPSA) is 68.0 Å². The molecule has 0 unspecified atom stereocenters. The molecular formula is C13H22N2O3. The van der Waals surface area contributed by atoms with E-state index in [1.165, 1.54) is 0 Å². The molecule has 0 aliphatic rings. The van der Waals surface area contributed by atoms with Crippen LogP contribution in [-0.4, -0.2) is 43.9 Å². The van der Waals surface area contributed by atoms with Crippen LogP contribution in [0.5, 0.6) is 11.5 Å². The molecule has 102 valence electrons. The zero-order valence-electron chi connectivity index (χ0n) is 11.3. The number of anilines is 1. The minimum absolute atomic E-state index is 0.140. The molecule has 5 nitrogen and oxygen atoms in total. The van der Waals surface area contributed by atoms with Gasteiger partial charge in [0.05, 0.1) is 20.8 Å². The molecule has 0 amide bonds. The van der Waals surface area contributed by atoms with Crippen LogP contribution in [0.2, 0.25) is 0 Å². The third kappa shape index (κ3) is 3.51. The minimum atomic E-state index is 0.140. The van der Waals surface area contributed by atoms with Crippen LogP contribution < -0.4 is 15.2 Å². The van der Waals surface area contributed by atoms with E-state index in [9.17, 15) is 0 Å². The molecule has 0 atom stereocenters. The van der Waals surface area contributed by atoms with Crippen molar-refractivity contribution >= 4 is 5.69 Å². The first kappa shape index (κ1) is 14.6. The first-order chi connectivity index (χ1) is 8.65. The number of likely N-dealkylation sites (N-methyl/N-ethyl adjacent to an activating group) is 1. The van der Waals surface area contributed by atoms with Crippen LogP contribution in [0.25, 0.3) is 0 Å². The van der Waals surface area contributed by atoms with Crippen LogP contribution in [0.15, 0.2) is 12.1 Å². The fourth-order valence-electron chi connectivity index (χ4n) is 1.81. The van der Waals surface area contributed by atoms with Crippen molar-refractivity contribution in [3.8, 4) is 11.5 Å². The van der Waals surface area contributed by atoms with Crippen molar-refractivity contribution in [2.45, 2.75) is 13.5 Å². The maximum Gasteiger partial charge on any atom is 0.162 e. The second-order valence-corrected chi connectivity index (χ2v) is 4.00. The molecule has 0 saturated heterocycles. The number of nitrogen functional groups attached to an aromatic ring is 1. The van der Waals surface area contributed by atoms with E-state index in [-0.39, 0.29) is 6.61 Å². The smallest absolute Gasteiger partial charge is 0.162 e. The fourth-order valence-corrected chi connectivity index (χ4v) is 1.81. The van der Waals surface area contributed by atoms with E-state index in [0.717, 1.165) is 12.1 Å². The lowest BCUT2D eigenvalue weighted by Gasteiger charge is -2.21. The third-order valence-electron chi connectivity index (χ3n) is 2.90. The number of hydrogen-bond donors (Lipinski definition) is 2. The van der Waals surface area contributed by atoms with Gasteiger partial charge >= 0.3 is 0 Å². The summed E-state index contributed by atoms with van der Waals surface area (Å²) in [7, 11) is 3.18. The zero-order chi connectivity index (χ0) is 13.5. The van der Waals surface area contributed by atoms with Gasteiger partial charge in [0.15, 0.2) is 11.5 Å². The highest BCUT2D eigenvalue weighted by Crippen LogP contribution is 2.32. The summed E-state index contributed by atoms with van der Waals surface area (Å²) in [6.45, 7) is 4.36. The zero-order valence-corrected chi connectivity index (χ0v) is 11.3. The fraction of sp³-hybridized carbons (Fsp3) is 0.538. The molecule has 5 heteroatoms. The molecule has 1 aromatic carbocycles. The normalized spacial score (nSPS) is 10.7. The highest BCUT2D eigenvalue weighted by atomic mass is 16.5. The Kier molecular flexibility index (Phi) is 5.74. The number of aliphatic hydroxyl groups is 1. The molecule has 18 heavy (non-hydrogen) atoms. The summed E-state index contributed by atoms with van der Waals surface area (Å²) in [5.41, 5.74) is 7.64. The van der Waals surface area contributed by atoms with Gasteiger partial charge in [0.2, 0.25) is 0 Å². The Morgan fingerprint density at radius 3 is 2.33 bits per heavy atom. The Morgan fingerprint density at radius 1 is 1.22 bits per heavy atom. The summed E-state index contributed by atoms with van der Waals surface area (Å²) in [6, 6.07) is 3.65. The van der Waals surface area contributed by atoms with E-state index in [2.05, 4.69) is 4.90 Å². The lowest BCUT2D eigenvalue weighted by Crippen LogP contribution is -2.26. The van der Waals surface area contributed by atoms with E-state index in [4.69, 9.17) is 20.3 Å². The van der Waals surface area contributed by atoms with Gasteiger partial charge in [0.25, 0.3) is 0 Å². The first-order valence-electron chi connectivity index (χ1n) is 5.99. The van der Waals surface area contributed by atoms with Gasteiger partial charge in [-0.15, -0.1) is 0 Å². The molecule has 0 aliphatic heterocycles. The van der Waals surface area contributed by atoms with Gasteiger partial charge in [-0.05, 0) is 18.2 Å². The number of benzene rings is 1. The molecule has 0 aliphatic carbocycles. The lowest BCUT2D eigenvalue weighted by atomic mass is 10.1. The Morgan fingerprint density at radius 2 is 1.83 bits per heavy atom. The molecule has 0 heterocycles. The van der Waals surface area contributed by atoms with Gasteiger partial charge in [0.1, 0.15) is 0 Å². The Balaban J connectivity index is 2.94. The van der Waals surface area contributed by atoms with E-state index in [0.29, 0.717) is 30.3 Å². The van der Waals surface area contributed by atoms with Crippen molar-refractivity contribution < 1.29 is 14.6 Å². The highest BCUT2D eigenvalue weighted by Gasteiger charge is 2.11. The van der Waals surface area contributed by atoms with E-state index >= 15 is 0 Å². The average molecular weight is 254 g/mol. The van der Waals surface area contributed by atoms with E-state index < -0.39 is 0 Å². The second kappa shape index (κ2) is 7.08. The molecule has 1 aromatic rings. The van der Waals surface area contributed by atoms with Crippen molar-refractivity contribution in [2.24, 2.45) is 0 Å². The summed E-state index contributed by atoms with van der Waals surface area (Å²) in [6.07, 6.45) is 0. The number of hydrogen-bond acceptors (Lipinski definition) is 5. The Bertz CT molecular complexity index is 383. The van der Waals surface area contributed by atoms with Crippen LogP contribution in [0.3, 0.4) is 0 Å². The molecule has 0 aromatic heterocycles. The maximum atomic E-state index is 8.98. The number of methoxy groups -OCH3 is 2.